The van der Waals surface area contributed by atoms with Gasteiger partial charge >= 0.3 is 0 Å². The van der Waals surface area contributed by atoms with Crippen LogP contribution in [0.3, 0.4) is 0 Å². The summed E-state index contributed by atoms with van der Waals surface area (Å²) in [4.78, 5) is 30.4. The maximum absolute atomic E-state index is 12.6. The SMILES string of the molecule is Cc1nc([C@@H]2CN(C(=O)CCc3c(C)n[nH]c3C)C[C@H]2C(N)=O)n[nH]1. The molecule has 1 saturated heterocycles. The van der Waals surface area contributed by atoms with Gasteiger partial charge in [0, 0.05) is 25.2 Å². The summed E-state index contributed by atoms with van der Waals surface area (Å²) in [6, 6.07) is 0. The first-order chi connectivity index (χ1) is 11.9. The molecule has 1 aliphatic heterocycles. The minimum Gasteiger partial charge on any atom is -0.369 e. The van der Waals surface area contributed by atoms with Crippen LogP contribution in [0.4, 0.5) is 0 Å². The molecule has 0 aliphatic carbocycles. The molecule has 3 rings (SSSR count). The first-order valence-electron chi connectivity index (χ1n) is 8.33. The lowest BCUT2D eigenvalue weighted by Gasteiger charge is -2.16. The van der Waals surface area contributed by atoms with Gasteiger partial charge in [-0.05, 0) is 32.8 Å². The summed E-state index contributed by atoms with van der Waals surface area (Å²) < 4.78 is 0. The van der Waals surface area contributed by atoms with Crippen LogP contribution in [0.15, 0.2) is 0 Å². The van der Waals surface area contributed by atoms with E-state index in [9.17, 15) is 9.59 Å². The second-order valence-electron chi connectivity index (χ2n) is 6.61. The van der Waals surface area contributed by atoms with E-state index in [1.54, 1.807) is 11.8 Å². The van der Waals surface area contributed by atoms with Crippen molar-refractivity contribution >= 4 is 11.8 Å². The van der Waals surface area contributed by atoms with Gasteiger partial charge in [0.25, 0.3) is 0 Å². The van der Waals surface area contributed by atoms with Gasteiger partial charge in [0.15, 0.2) is 5.82 Å². The van der Waals surface area contributed by atoms with Gasteiger partial charge in [-0.25, -0.2) is 4.98 Å². The number of aromatic nitrogens is 5. The number of amides is 2. The van der Waals surface area contributed by atoms with Gasteiger partial charge in [-0.1, -0.05) is 0 Å². The monoisotopic (exact) mass is 345 g/mol. The van der Waals surface area contributed by atoms with E-state index in [-0.39, 0.29) is 11.8 Å². The molecule has 0 spiro atoms. The third-order valence-electron chi connectivity index (χ3n) is 4.85. The fourth-order valence-corrected chi connectivity index (χ4v) is 3.42. The number of likely N-dealkylation sites (tertiary alicyclic amines) is 1. The van der Waals surface area contributed by atoms with E-state index >= 15 is 0 Å². The quantitative estimate of drug-likeness (QED) is 0.707. The van der Waals surface area contributed by atoms with Crippen molar-refractivity contribution in [3.8, 4) is 0 Å². The highest BCUT2D eigenvalue weighted by Crippen LogP contribution is 2.31. The molecule has 2 amide bonds. The number of H-pyrrole nitrogens is 2. The molecule has 25 heavy (non-hydrogen) atoms. The zero-order chi connectivity index (χ0) is 18.1. The van der Waals surface area contributed by atoms with Crippen LogP contribution in [-0.2, 0) is 16.0 Å². The van der Waals surface area contributed by atoms with Crippen LogP contribution in [0, 0.1) is 26.7 Å². The van der Waals surface area contributed by atoms with Crippen LogP contribution >= 0.6 is 0 Å². The van der Waals surface area contributed by atoms with Crippen molar-refractivity contribution in [3.63, 3.8) is 0 Å². The number of hydrogen-bond donors (Lipinski definition) is 3. The lowest BCUT2D eigenvalue weighted by Crippen LogP contribution is -2.32. The third kappa shape index (κ3) is 3.40. The predicted molar refractivity (Wildman–Crippen MR) is 89.5 cm³/mol. The molecule has 0 aromatic carbocycles. The number of carbonyl (C=O) groups excluding carboxylic acids is 2. The average molecular weight is 345 g/mol. The molecular weight excluding hydrogens is 322 g/mol. The minimum atomic E-state index is -0.462. The molecule has 1 fully saturated rings. The molecule has 9 nitrogen and oxygen atoms in total. The molecule has 9 heteroatoms. The molecule has 2 aromatic heterocycles. The van der Waals surface area contributed by atoms with Crippen LogP contribution in [0.5, 0.6) is 0 Å². The highest BCUT2D eigenvalue weighted by atomic mass is 16.2. The second-order valence-corrected chi connectivity index (χ2v) is 6.61. The van der Waals surface area contributed by atoms with E-state index in [1.807, 2.05) is 13.8 Å². The molecule has 0 unspecified atom stereocenters. The number of aryl methyl sites for hydroxylation is 3. The van der Waals surface area contributed by atoms with Crippen LogP contribution in [0.2, 0.25) is 0 Å². The van der Waals surface area contributed by atoms with Crippen LogP contribution in [0.1, 0.15) is 40.9 Å². The lowest BCUT2D eigenvalue weighted by molar-refractivity contribution is -0.130. The third-order valence-corrected chi connectivity index (χ3v) is 4.85. The molecule has 0 saturated carbocycles. The van der Waals surface area contributed by atoms with E-state index in [0.717, 1.165) is 17.0 Å². The number of nitrogens with two attached hydrogens (primary N) is 1. The summed E-state index contributed by atoms with van der Waals surface area (Å²) in [5, 5.41) is 14.0. The first-order valence-corrected chi connectivity index (χ1v) is 8.33. The van der Waals surface area contributed by atoms with E-state index in [2.05, 4.69) is 25.4 Å². The normalized spacial score (nSPS) is 20.2. The second kappa shape index (κ2) is 6.66. The molecule has 0 bridgehead atoms. The maximum atomic E-state index is 12.6. The predicted octanol–water partition coefficient (Wildman–Crippen LogP) is 0.113. The van der Waals surface area contributed by atoms with Crippen LogP contribution < -0.4 is 5.73 Å². The highest BCUT2D eigenvalue weighted by Gasteiger charge is 2.41. The van der Waals surface area contributed by atoms with Gasteiger partial charge in [0.05, 0.1) is 17.5 Å². The number of aromatic amines is 2. The minimum absolute atomic E-state index is 0.000933. The standard InChI is InChI=1S/C16H23N7O2/c1-8-11(9(2)20-19-8)4-5-14(24)23-6-12(15(17)25)13(7-23)16-18-10(3)21-22-16/h12-13H,4-7H2,1-3H3,(H2,17,25)(H,19,20)(H,18,21,22)/t12-,13-/m1/s1. The van der Waals surface area contributed by atoms with Gasteiger partial charge < -0.3 is 10.6 Å². The number of rotatable bonds is 5. The molecular formula is C16H23N7O2. The van der Waals surface area contributed by atoms with E-state index in [1.165, 1.54) is 0 Å². The summed E-state index contributed by atoms with van der Waals surface area (Å²) in [7, 11) is 0. The van der Waals surface area contributed by atoms with Crippen molar-refractivity contribution in [2.45, 2.75) is 39.5 Å². The number of nitrogens with one attached hydrogen (secondary N) is 2. The number of carbonyl (C=O) groups is 2. The average Bonchev–Trinajstić information content (AvgIpc) is 3.25. The van der Waals surface area contributed by atoms with Gasteiger partial charge in [-0.3, -0.25) is 19.8 Å². The Morgan fingerprint density at radius 3 is 2.52 bits per heavy atom. The van der Waals surface area contributed by atoms with Gasteiger partial charge in [-0.2, -0.15) is 10.2 Å². The molecule has 2 aromatic rings. The fraction of sp³-hybridized carbons (Fsp3) is 0.562. The van der Waals surface area contributed by atoms with Gasteiger partial charge in [-0.15, -0.1) is 0 Å². The van der Waals surface area contributed by atoms with Crippen molar-refractivity contribution in [1.29, 1.82) is 0 Å². The van der Waals surface area contributed by atoms with E-state index in [4.69, 9.17) is 5.73 Å². The van der Waals surface area contributed by atoms with E-state index < -0.39 is 11.8 Å². The Balaban J connectivity index is 1.68. The Bertz CT molecular complexity index is 775. The molecule has 4 N–H and O–H groups in total. The highest BCUT2D eigenvalue weighted by molar-refractivity contribution is 5.82. The molecule has 1 aliphatic rings. The largest absolute Gasteiger partial charge is 0.369 e. The molecule has 3 heterocycles. The Kier molecular flexibility index (Phi) is 4.56. The number of nitrogens with zero attached hydrogens (tertiary/aromatic N) is 4. The van der Waals surface area contributed by atoms with Crippen molar-refractivity contribution in [3.05, 3.63) is 28.6 Å². The molecule has 0 radical (unpaired) electrons. The number of primary amides is 1. The fourth-order valence-electron chi connectivity index (χ4n) is 3.42. The van der Waals surface area contributed by atoms with Crippen molar-refractivity contribution in [2.24, 2.45) is 11.7 Å². The zero-order valence-electron chi connectivity index (χ0n) is 14.7. The summed E-state index contributed by atoms with van der Waals surface area (Å²) >= 11 is 0. The Hall–Kier alpha value is -2.71. The maximum Gasteiger partial charge on any atom is 0.223 e. The molecule has 134 valence electrons. The Morgan fingerprint density at radius 2 is 1.96 bits per heavy atom. The Labute approximate surface area is 145 Å². The summed E-state index contributed by atoms with van der Waals surface area (Å²) in [5.74, 6) is 0.0673. The van der Waals surface area contributed by atoms with Crippen molar-refractivity contribution in [2.75, 3.05) is 13.1 Å². The van der Waals surface area contributed by atoms with Crippen molar-refractivity contribution in [1.82, 2.24) is 30.3 Å². The Morgan fingerprint density at radius 1 is 1.20 bits per heavy atom. The van der Waals surface area contributed by atoms with Crippen LogP contribution in [0.25, 0.3) is 0 Å². The van der Waals surface area contributed by atoms with Gasteiger partial charge in [0.2, 0.25) is 11.8 Å². The summed E-state index contributed by atoms with van der Waals surface area (Å²) in [6.07, 6.45) is 0.988. The first kappa shape index (κ1) is 17.1. The van der Waals surface area contributed by atoms with Gasteiger partial charge in [0.1, 0.15) is 5.82 Å². The summed E-state index contributed by atoms with van der Waals surface area (Å²) in [5.41, 5.74) is 8.50. The molecule has 2 atom stereocenters. The summed E-state index contributed by atoms with van der Waals surface area (Å²) in [6.45, 7) is 6.39. The van der Waals surface area contributed by atoms with Crippen LogP contribution in [-0.4, -0.2) is 55.2 Å². The lowest BCUT2D eigenvalue weighted by atomic mass is 9.95. The number of hydrogen-bond acceptors (Lipinski definition) is 5. The van der Waals surface area contributed by atoms with Crippen molar-refractivity contribution < 1.29 is 9.59 Å². The van der Waals surface area contributed by atoms with E-state index in [0.29, 0.717) is 37.6 Å². The zero-order valence-corrected chi connectivity index (χ0v) is 14.7. The topological polar surface area (TPSA) is 134 Å². The smallest absolute Gasteiger partial charge is 0.223 e.